The number of benzene rings is 1. The van der Waals surface area contributed by atoms with Gasteiger partial charge in [0.2, 0.25) is 15.9 Å². The van der Waals surface area contributed by atoms with Crippen molar-refractivity contribution in [1.82, 2.24) is 19.2 Å². The van der Waals surface area contributed by atoms with E-state index in [9.17, 15) is 13.2 Å². The number of piperazine rings is 1. The molecule has 0 bridgehead atoms. The zero-order valence-electron chi connectivity index (χ0n) is 17.4. The van der Waals surface area contributed by atoms with Crippen molar-refractivity contribution in [3.8, 4) is 0 Å². The summed E-state index contributed by atoms with van der Waals surface area (Å²) in [6.07, 6.45) is 4.75. The fourth-order valence-corrected chi connectivity index (χ4v) is 5.87. The molecule has 0 N–H and O–H groups in total. The molecule has 2 saturated heterocycles. The van der Waals surface area contributed by atoms with E-state index in [1.165, 1.54) is 10.6 Å². The minimum Gasteiger partial charge on any atom is -0.356 e. The molecule has 2 aliphatic heterocycles. The molecule has 1 aromatic carbocycles. The number of sulfonamides is 1. The van der Waals surface area contributed by atoms with E-state index in [0.29, 0.717) is 26.2 Å². The van der Waals surface area contributed by atoms with Gasteiger partial charge in [-0.1, -0.05) is 22.9 Å². The van der Waals surface area contributed by atoms with E-state index >= 15 is 0 Å². The molecule has 0 unspecified atom stereocenters. The summed E-state index contributed by atoms with van der Waals surface area (Å²) in [5.41, 5.74) is -0.434. The Bertz CT molecular complexity index is 1020. The SMILES string of the molecule is CC1(C(=O)N2CCN(S(=O)(=O)c3ccc(Br)cc3)CC2)CCN(c2ccncn2)CC1. The number of nitrogens with zero attached hydrogens (tertiary/aromatic N) is 5. The zero-order valence-corrected chi connectivity index (χ0v) is 19.8. The van der Waals surface area contributed by atoms with Gasteiger partial charge < -0.3 is 9.80 Å². The van der Waals surface area contributed by atoms with Gasteiger partial charge in [-0.15, -0.1) is 0 Å². The molecule has 1 amide bonds. The van der Waals surface area contributed by atoms with Crippen LogP contribution in [0.15, 0.2) is 52.2 Å². The second kappa shape index (κ2) is 8.84. The standard InChI is InChI=1S/C21H26BrN5O3S/c1-21(7-10-25(11-8-21)19-6-9-23-16-24-19)20(28)26-12-14-27(15-13-26)31(29,30)18-4-2-17(22)3-5-18/h2-6,9,16H,7-8,10-15H2,1H3. The third-order valence-corrected chi connectivity index (χ3v) is 8.69. The maximum Gasteiger partial charge on any atom is 0.243 e. The van der Waals surface area contributed by atoms with Crippen LogP contribution in [-0.2, 0) is 14.8 Å². The first kappa shape index (κ1) is 22.2. The summed E-state index contributed by atoms with van der Waals surface area (Å²) < 4.78 is 28.1. The normalized spacial score (nSPS) is 19.9. The summed E-state index contributed by atoms with van der Waals surface area (Å²) in [4.78, 5) is 25.8. The van der Waals surface area contributed by atoms with Crippen molar-refractivity contribution in [2.45, 2.75) is 24.7 Å². The second-order valence-corrected chi connectivity index (χ2v) is 11.1. The van der Waals surface area contributed by atoms with Crippen molar-refractivity contribution in [2.75, 3.05) is 44.2 Å². The van der Waals surface area contributed by atoms with Crippen LogP contribution in [0, 0.1) is 5.41 Å². The van der Waals surface area contributed by atoms with Crippen LogP contribution in [0.1, 0.15) is 19.8 Å². The molecule has 1 aromatic heterocycles. The van der Waals surface area contributed by atoms with Gasteiger partial charge >= 0.3 is 0 Å². The summed E-state index contributed by atoms with van der Waals surface area (Å²) in [6, 6.07) is 8.53. The number of halogens is 1. The van der Waals surface area contributed by atoms with Crippen LogP contribution in [0.4, 0.5) is 5.82 Å². The molecule has 2 aliphatic rings. The summed E-state index contributed by atoms with van der Waals surface area (Å²) in [5.74, 6) is 1.01. The number of hydrogen-bond donors (Lipinski definition) is 0. The maximum atomic E-state index is 13.3. The number of anilines is 1. The van der Waals surface area contributed by atoms with Crippen LogP contribution in [0.5, 0.6) is 0 Å². The van der Waals surface area contributed by atoms with E-state index < -0.39 is 15.4 Å². The summed E-state index contributed by atoms with van der Waals surface area (Å²) in [7, 11) is -3.55. The number of carbonyl (C=O) groups excluding carboxylic acids is 1. The van der Waals surface area contributed by atoms with Crippen molar-refractivity contribution in [3.05, 3.63) is 47.3 Å². The number of amides is 1. The predicted octanol–water partition coefficient (Wildman–Crippen LogP) is 2.38. The van der Waals surface area contributed by atoms with E-state index in [1.807, 2.05) is 17.9 Å². The molecule has 166 valence electrons. The summed E-state index contributed by atoms with van der Waals surface area (Å²) in [5, 5.41) is 0. The number of rotatable bonds is 4. The van der Waals surface area contributed by atoms with Crippen LogP contribution in [0.3, 0.4) is 0 Å². The van der Waals surface area contributed by atoms with E-state index in [-0.39, 0.29) is 10.8 Å². The highest BCUT2D eigenvalue weighted by atomic mass is 79.9. The second-order valence-electron chi connectivity index (χ2n) is 8.27. The first-order chi connectivity index (χ1) is 14.8. The van der Waals surface area contributed by atoms with Gasteiger partial charge in [-0.3, -0.25) is 4.79 Å². The Hall–Kier alpha value is -2.04. The predicted molar refractivity (Wildman–Crippen MR) is 121 cm³/mol. The number of carbonyl (C=O) groups is 1. The topological polar surface area (TPSA) is 86.7 Å². The third kappa shape index (κ3) is 4.61. The van der Waals surface area contributed by atoms with Crippen molar-refractivity contribution < 1.29 is 13.2 Å². The van der Waals surface area contributed by atoms with Crippen molar-refractivity contribution in [2.24, 2.45) is 5.41 Å². The quantitative estimate of drug-likeness (QED) is 0.631. The van der Waals surface area contributed by atoms with Gasteiger partial charge in [-0.2, -0.15) is 4.31 Å². The number of aromatic nitrogens is 2. The largest absolute Gasteiger partial charge is 0.356 e. The molecule has 4 rings (SSSR count). The first-order valence-corrected chi connectivity index (χ1v) is 12.6. The Labute approximate surface area is 191 Å². The fraction of sp³-hybridized carbons (Fsp3) is 0.476. The maximum absolute atomic E-state index is 13.3. The molecular formula is C21H26BrN5O3S. The molecule has 0 radical (unpaired) electrons. The van der Waals surface area contributed by atoms with Gasteiger partial charge in [-0.25, -0.2) is 18.4 Å². The molecule has 0 spiro atoms. The van der Waals surface area contributed by atoms with Gasteiger partial charge in [-0.05, 0) is 43.2 Å². The molecule has 3 heterocycles. The molecule has 8 nitrogen and oxygen atoms in total. The summed E-state index contributed by atoms with van der Waals surface area (Å²) in [6.45, 7) is 5.01. The Kier molecular flexibility index (Phi) is 6.32. The van der Waals surface area contributed by atoms with Crippen molar-refractivity contribution >= 4 is 37.7 Å². The van der Waals surface area contributed by atoms with Crippen LogP contribution in [0.2, 0.25) is 0 Å². The number of piperidine rings is 1. The van der Waals surface area contributed by atoms with Gasteiger partial charge in [0, 0.05) is 55.4 Å². The molecular weight excluding hydrogens is 482 g/mol. The lowest BCUT2D eigenvalue weighted by molar-refractivity contribution is -0.143. The third-order valence-electron chi connectivity index (χ3n) is 6.25. The van der Waals surface area contributed by atoms with Crippen LogP contribution in [0.25, 0.3) is 0 Å². The fourth-order valence-electron chi connectivity index (χ4n) is 4.18. The lowest BCUT2D eigenvalue weighted by Gasteiger charge is -2.43. The molecule has 0 atom stereocenters. The average Bonchev–Trinajstić information content (AvgIpc) is 2.80. The van der Waals surface area contributed by atoms with Gasteiger partial charge in [0.25, 0.3) is 0 Å². The average molecular weight is 508 g/mol. The zero-order chi connectivity index (χ0) is 22.1. The van der Waals surface area contributed by atoms with Crippen LogP contribution >= 0.6 is 15.9 Å². The Morgan fingerprint density at radius 3 is 2.23 bits per heavy atom. The first-order valence-electron chi connectivity index (χ1n) is 10.4. The molecule has 0 aliphatic carbocycles. The molecule has 10 heteroatoms. The van der Waals surface area contributed by atoms with E-state index in [1.54, 1.807) is 30.5 Å². The molecule has 2 fully saturated rings. The monoisotopic (exact) mass is 507 g/mol. The van der Waals surface area contributed by atoms with Crippen molar-refractivity contribution in [3.63, 3.8) is 0 Å². The minimum absolute atomic E-state index is 0.121. The van der Waals surface area contributed by atoms with Crippen LogP contribution in [-0.4, -0.2) is 72.8 Å². The highest BCUT2D eigenvalue weighted by Crippen LogP contribution is 2.35. The Morgan fingerprint density at radius 1 is 1.00 bits per heavy atom. The molecule has 31 heavy (non-hydrogen) atoms. The van der Waals surface area contributed by atoms with Gasteiger partial charge in [0.05, 0.1) is 4.90 Å². The molecule has 2 aromatic rings. The van der Waals surface area contributed by atoms with Gasteiger partial charge in [0.1, 0.15) is 12.1 Å². The van der Waals surface area contributed by atoms with Crippen molar-refractivity contribution in [1.29, 1.82) is 0 Å². The highest BCUT2D eigenvalue weighted by Gasteiger charge is 2.41. The highest BCUT2D eigenvalue weighted by molar-refractivity contribution is 9.10. The van der Waals surface area contributed by atoms with E-state index in [0.717, 1.165) is 36.2 Å². The summed E-state index contributed by atoms with van der Waals surface area (Å²) >= 11 is 3.33. The number of hydrogen-bond acceptors (Lipinski definition) is 6. The lowest BCUT2D eigenvalue weighted by atomic mass is 9.79. The Morgan fingerprint density at radius 2 is 1.65 bits per heavy atom. The minimum atomic E-state index is -3.55. The van der Waals surface area contributed by atoms with E-state index in [2.05, 4.69) is 30.8 Å². The van der Waals surface area contributed by atoms with E-state index in [4.69, 9.17) is 0 Å². The lowest BCUT2D eigenvalue weighted by Crippen LogP contribution is -2.55. The molecule has 0 saturated carbocycles. The smallest absolute Gasteiger partial charge is 0.243 e. The van der Waals surface area contributed by atoms with Crippen LogP contribution < -0.4 is 4.90 Å². The Balaban J connectivity index is 1.35. The van der Waals surface area contributed by atoms with Gasteiger partial charge in [0.15, 0.2) is 0 Å².